The third-order valence-corrected chi connectivity index (χ3v) is 28.5. The molecule has 5 aromatic carbocycles. The first-order valence-electron chi connectivity index (χ1n) is 56.3. The molecule has 2 aliphatic rings. The number of aromatic nitrogens is 10. The molecule has 139 heavy (non-hydrogen) atoms. The molecular formula is C124H139N10O5+5. The zero-order valence-electron chi connectivity index (χ0n) is 100. The zero-order valence-corrected chi connectivity index (χ0v) is 85.2. The van der Waals surface area contributed by atoms with Crippen molar-refractivity contribution < 1.29 is 65.5 Å². The summed E-state index contributed by atoms with van der Waals surface area (Å²) in [7, 11) is 9.82. The van der Waals surface area contributed by atoms with Gasteiger partial charge < -0.3 is 22.1 Å². The van der Waals surface area contributed by atoms with Gasteiger partial charge in [0.15, 0.2) is 58.9 Å². The Morgan fingerprint density at radius 3 is 0.950 bits per heavy atom. The van der Waals surface area contributed by atoms with Crippen LogP contribution in [-0.2, 0) is 41.6 Å². The highest BCUT2D eigenvalue weighted by molar-refractivity contribution is 6.13. The van der Waals surface area contributed by atoms with E-state index in [2.05, 4.69) is 212 Å². The first-order chi connectivity index (χ1) is 72.1. The standard InChI is InChI=1S/2C25H27N2O.2C25H29N2O.C24H27N2O/c1-15-9-11-19-20-12-10-17(3)26-25(20)28-24(19)23(15)22-13-21(16(2)14-27(22)4)18-7-5-6-8-18;1-15-9-11-19-20-12-10-17(3)26-25(20)28-24(19)23(15)22-13-16(2)21(14-27(22)4)18-7-5-6-8-18;2*1-14(2)20-12-22(27(7)13-21(20)15(3)4)23-16(5)8-10-18-19-11-9-17(6)26-25(19)28-24(18)23;1-7-17-12-21(26(6)13-20(17)14(2)3)22-15(4)8-10-18-19-11-9-16(5)25-24(19)27-23(18)22/h2*9-14,18H,5-8H2,1-4H3;2*8-15H,1-7H3;8-14H,7H2,1-6H3/q5*+1/i2D3,18D;;1D3,3D3,14D,15D;14D;7D2. The van der Waals surface area contributed by atoms with Crippen LogP contribution >= 0.6 is 0 Å². The number of benzene rings is 5. The summed E-state index contributed by atoms with van der Waals surface area (Å²) in [5.41, 5.74) is 34.1. The van der Waals surface area contributed by atoms with Crippen molar-refractivity contribution in [3.8, 4) is 56.3 Å². The van der Waals surface area contributed by atoms with Crippen LogP contribution in [0.4, 0.5) is 0 Å². The first-order valence-corrected chi connectivity index (χ1v) is 48.8. The van der Waals surface area contributed by atoms with E-state index >= 15 is 0 Å². The number of aryl methyl sites for hydroxylation is 18. The van der Waals surface area contributed by atoms with E-state index in [9.17, 15) is 0 Å². The molecule has 2 saturated carbocycles. The van der Waals surface area contributed by atoms with Crippen molar-refractivity contribution in [2.24, 2.45) is 35.2 Å². The molecule has 20 aromatic rings. The van der Waals surface area contributed by atoms with Gasteiger partial charge in [0.25, 0.3) is 0 Å². The van der Waals surface area contributed by atoms with Crippen molar-refractivity contribution in [2.45, 2.75) is 258 Å². The number of fused-ring (bicyclic) bond motifs is 15. The molecule has 2 fully saturated rings. The van der Waals surface area contributed by atoms with Gasteiger partial charge in [-0.25, -0.2) is 47.8 Å². The van der Waals surface area contributed by atoms with Gasteiger partial charge in [0.1, 0.15) is 35.2 Å². The number of rotatable bonds is 13. The molecule has 2 aliphatic carbocycles. The van der Waals surface area contributed by atoms with Crippen molar-refractivity contribution >= 4 is 110 Å². The molecule has 0 aliphatic heterocycles. The fraction of sp³-hybridized carbons (Fsp3) is 0.355. The van der Waals surface area contributed by atoms with E-state index in [-0.39, 0.29) is 22.6 Å². The van der Waals surface area contributed by atoms with Gasteiger partial charge in [0.05, 0.1) is 27.8 Å². The lowest BCUT2D eigenvalue weighted by atomic mass is 9.90. The minimum absolute atomic E-state index is 0.0332. The lowest BCUT2D eigenvalue weighted by Gasteiger charge is -2.16. The first kappa shape index (κ1) is 78.5. The molecule has 710 valence electrons. The number of nitrogens with zero attached hydrogens (tertiary/aromatic N) is 10. The van der Waals surface area contributed by atoms with Gasteiger partial charge in [-0.2, -0.15) is 0 Å². The quantitative estimate of drug-likeness (QED) is 0.102. The maximum Gasteiger partial charge on any atom is 0.227 e. The maximum atomic E-state index is 9.11. The summed E-state index contributed by atoms with van der Waals surface area (Å²) in [6.07, 6.45) is 16.9. The summed E-state index contributed by atoms with van der Waals surface area (Å²) in [5, 5.41) is 9.98. The zero-order chi connectivity index (χ0) is 111. The predicted octanol–water partition coefficient (Wildman–Crippen LogP) is 30.6. The summed E-state index contributed by atoms with van der Waals surface area (Å²) in [5.74, 6) is -4.57. The highest BCUT2D eigenvalue weighted by Gasteiger charge is 2.34. The second-order valence-corrected chi connectivity index (χ2v) is 39.7. The molecule has 0 saturated heterocycles. The van der Waals surface area contributed by atoms with Crippen molar-refractivity contribution in [3.63, 3.8) is 0 Å². The molecule has 2 unspecified atom stereocenters. The lowest BCUT2D eigenvalue weighted by Crippen LogP contribution is -2.32. The molecule has 15 aromatic heterocycles. The van der Waals surface area contributed by atoms with Gasteiger partial charge in [-0.05, 0) is 273 Å². The minimum atomic E-state index is -2.77. The van der Waals surface area contributed by atoms with Crippen LogP contribution in [0.5, 0.6) is 0 Å². The highest BCUT2D eigenvalue weighted by atomic mass is 16.4. The van der Waals surface area contributed by atoms with E-state index in [0.29, 0.717) is 64.0 Å². The fourth-order valence-electron chi connectivity index (χ4n) is 21.0. The summed E-state index contributed by atoms with van der Waals surface area (Å²) < 4.78 is 166. The Labute approximate surface area is 840 Å². The smallest absolute Gasteiger partial charge is 0.227 e. The number of furan rings is 5. The van der Waals surface area contributed by atoms with Crippen LogP contribution in [0.1, 0.15) is 301 Å². The van der Waals surface area contributed by atoms with Crippen LogP contribution in [-0.4, -0.2) is 24.9 Å². The van der Waals surface area contributed by atoms with Crippen LogP contribution in [0.15, 0.2) is 205 Å². The molecule has 22 rings (SSSR count). The lowest BCUT2D eigenvalue weighted by molar-refractivity contribution is -0.661. The minimum Gasteiger partial charge on any atom is -0.437 e. The molecule has 0 bridgehead atoms. The largest absolute Gasteiger partial charge is 0.437 e. The average molecular weight is 1860 g/mol. The molecule has 0 radical (unpaired) electrons. The van der Waals surface area contributed by atoms with E-state index < -0.39 is 50.5 Å². The van der Waals surface area contributed by atoms with E-state index in [4.69, 9.17) is 42.6 Å². The molecule has 15 heterocycles. The van der Waals surface area contributed by atoms with E-state index in [0.717, 1.165) is 202 Å². The monoisotopic (exact) mass is 1860 g/mol. The SMILES string of the molecule is Cc1ccc2c(n1)oc1c(-c3cc(C)c(C4CCCC4)c[n+]3C)c(C)ccc12.[2H]C(C)(C)c1cc(-c2c(C)ccc3c2oc2nc(C)ccc23)[n+](C)cc1C(C)C.[2H]C([2H])(C)c1cc(-c2c(C)ccc3c2oc2nc(C)ccc23)[n+](C)cc1C(C)C.[2H]C([2H])([2H])C([2H])(C)c1cc(-c2c(C)ccc3c2oc2nc(C)ccc23)[n+](C)cc1C([2H])(C)C([2H])([2H])[2H].[2H]C([2H])([2H])c1c[n+](C)c(-c2c(C)ccc3c2oc2nc(C)ccc23)cc1C1([2H])CCCC1. The van der Waals surface area contributed by atoms with E-state index in [1.54, 1.807) is 24.7 Å². The fourth-order valence-corrected chi connectivity index (χ4v) is 21.0. The van der Waals surface area contributed by atoms with Crippen molar-refractivity contribution in [3.05, 3.63) is 295 Å². The topological polar surface area (TPSA) is 150 Å². The second-order valence-electron chi connectivity index (χ2n) is 39.7. The molecular weight excluding hydrogens is 1710 g/mol. The summed E-state index contributed by atoms with van der Waals surface area (Å²) in [6.45, 7) is 31.1. The van der Waals surface area contributed by atoms with Gasteiger partial charge in [-0.3, -0.25) is 0 Å². The average Bonchev–Trinajstić information content (AvgIpc) is 1.11. The number of hydrogen-bond acceptors (Lipinski definition) is 10. The Balaban J connectivity index is 0.000000125. The van der Waals surface area contributed by atoms with Gasteiger partial charge >= 0.3 is 0 Å². The summed E-state index contributed by atoms with van der Waals surface area (Å²) >= 11 is 0. The third kappa shape index (κ3) is 18.2. The second kappa shape index (κ2) is 38.8. The van der Waals surface area contributed by atoms with E-state index in [1.165, 1.54) is 85.3 Å². The third-order valence-electron chi connectivity index (χ3n) is 28.5. The van der Waals surface area contributed by atoms with Crippen molar-refractivity contribution in [2.75, 3.05) is 0 Å². The summed E-state index contributed by atoms with van der Waals surface area (Å²) in [4.78, 5) is 22.8. The van der Waals surface area contributed by atoms with Gasteiger partial charge in [0.2, 0.25) is 57.0 Å². The highest BCUT2D eigenvalue weighted by Crippen LogP contribution is 2.47. The molecule has 0 spiro atoms. The molecule has 0 N–H and O–H groups in total. The van der Waals surface area contributed by atoms with Crippen molar-refractivity contribution in [1.82, 2.24) is 24.9 Å². The van der Waals surface area contributed by atoms with Crippen LogP contribution in [0, 0.1) is 83.0 Å². The Hall–Kier alpha value is -13.4. The number of hydrogen-bond donors (Lipinski definition) is 0. The van der Waals surface area contributed by atoms with E-state index in [1.807, 2.05) is 142 Å². The Kier molecular flexibility index (Phi) is 21.9. The maximum absolute atomic E-state index is 9.11. The predicted molar refractivity (Wildman–Crippen MR) is 570 cm³/mol. The molecule has 15 nitrogen and oxygen atoms in total. The molecule has 0 amide bonds. The Morgan fingerprint density at radius 2 is 0.612 bits per heavy atom. The van der Waals surface area contributed by atoms with Gasteiger partial charge in [0, 0.05) is 161 Å². The molecule has 2 atom stereocenters. The van der Waals surface area contributed by atoms with Crippen LogP contribution in [0.25, 0.3) is 167 Å². The van der Waals surface area contributed by atoms with Gasteiger partial charge in [-0.15, -0.1) is 0 Å². The Morgan fingerprint density at radius 1 is 0.317 bits per heavy atom. The summed E-state index contributed by atoms with van der Waals surface area (Å²) in [6, 6.07) is 51.0. The normalized spacial score (nSPS) is 16.4. The van der Waals surface area contributed by atoms with Crippen molar-refractivity contribution in [1.29, 1.82) is 0 Å². The van der Waals surface area contributed by atoms with Crippen LogP contribution in [0.2, 0.25) is 0 Å². The Bertz CT molecular complexity index is 8760. The van der Waals surface area contributed by atoms with Crippen LogP contribution < -0.4 is 22.8 Å². The van der Waals surface area contributed by atoms with Crippen LogP contribution in [0.3, 0.4) is 0 Å². The molecule has 15 heteroatoms. The van der Waals surface area contributed by atoms with Gasteiger partial charge in [-0.1, -0.05) is 162 Å². The number of pyridine rings is 10.